The largest absolute Gasteiger partial charge is 0.477 e. The van der Waals surface area contributed by atoms with E-state index in [9.17, 15) is 13.2 Å². The van der Waals surface area contributed by atoms with Crippen LogP contribution in [0.4, 0.5) is 4.79 Å². The van der Waals surface area contributed by atoms with Crippen molar-refractivity contribution in [3.63, 3.8) is 0 Å². The molecule has 0 saturated carbocycles. The number of hydrogen-bond acceptors (Lipinski definition) is 8. The molecule has 43 heavy (non-hydrogen) atoms. The Labute approximate surface area is 262 Å². The summed E-state index contributed by atoms with van der Waals surface area (Å²) in [5, 5.41) is 1.18. The number of amidine groups is 1. The molecular formula is C30H34Cl2N6O4S. The monoisotopic (exact) mass is 644 g/mol. The molecule has 2 amide bonds. The number of aryl methyl sites for hydroxylation is 1. The van der Waals surface area contributed by atoms with Crippen molar-refractivity contribution in [3.8, 4) is 5.88 Å². The summed E-state index contributed by atoms with van der Waals surface area (Å²) in [4.78, 5) is 34.2. The highest BCUT2D eigenvalue weighted by atomic mass is 35.5. The number of nitrogens with zero attached hydrogens (tertiary/aromatic N) is 6. The summed E-state index contributed by atoms with van der Waals surface area (Å²) in [6, 6.07) is 13.7. The SMILES string of the molecule is CCOc1nc(C)ncc1C1=NC(c2ccc(Cl)cc2)C(c2ccc(Cl)cc2)N1C(=O)N1CCN(CCS(C)(=O)=O)CC1. The number of rotatable bonds is 8. The molecule has 2 aliphatic heterocycles. The second-order valence-corrected chi connectivity index (χ2v) is 13.8. The minimum absolute atomic E-state index is 0.0823. The Kier molecular flexibility index (Phi) is 9.55. The summed E-state index contributed by atoms with van der Waals surface area (Å²) in [7, 11) is -3.08. The van der Waals surface area contributed by atoms with Crippen LogP contribution in [0.15, 0.2) is 59.7 Å². The Morgan fingerprint density at radius 3 is 2.16 bits per heavy atom. The van der Waals surface area contributed by atoms with Gasteiger partial charge in [-0.05, 0) is 49.2 Å². The van der Waals surface area contributed by atoms with Gasteiger partial charge in [0.1, 0.15) is 27.5 Å². The van der Waals surface area contributed by atoms with E-state index in [4.69, 9.17) is 32.9 Å². The fourth-order valence-electron chi connectivity index (χ4n) is 5.31. The smallest absolute Gasteiger partial charge is 0.326 e. The van der Waals surface area contributed by atoms with E-state index in [-0.39, 0.29) is 11.8 Å². The second kappa shape index (κ2) is 13.2. The lowest BCUT2D eigenvalue weighted by molar-refractivity contribution is 0.122. The zero-order valence-electron chi connectivity index (χ0n) is 24.3. The summed E-state index contributed by atoms with van der Waals surface area (Å²) >= 11 is 12.5. The number of halogens is 2. The molecule has 0 radical (unpaired) electrons. The van der Waals surface area contributed by atoms with Crippen LogP contribution >= 0.6 is 23.2 Å². The van der Waals surface area contributed by atoms with Gasteiger partial charge in [0.05, 0.1) is 24.0 Å². The molecule has 1 aromatic heterocycles. The summed E-state index contributed by atoms with van der Waals surface area (Å²) in [6.07, 6.45) is 2.89. The molecule has 2 unspecified atom stereocenters. The minimum Gasteiger partial charge on any atom is -0.477 e. The van der Waals surface area contributed by atoms with Crippen LogP contribution in [-0.4, -0.2) is 96.3 Å². The van der Waals surface area contributed by atoms with Crippen LogP contribution in [0.2, 0.25) is 10.0 Å². The number of sulfone groups is 1. The predicted octanol–water partition coefficient (Wildman–Crippen LogP) is 4.82. The Hall–Kier alpha value is -3.25. The van der Waals surface area contributed by atoms with Crippen LogP contribution < -0.4 is 4.74 Å². The molecule has 5 rings (SSSR count). The van der Waals surface area contributed by atoms with E-state index < -0.39 is 21.9 Å². The first-order chi connectivity index (χ1) is 20.5. The van der Waals surface area contributed by atoms with Gasteiger partial charge in [-0.25, -0.2) is 18.2 Å². The lowest BCUT2D eigenvalue weighted by Crippen LogP contribution is -2.54. The number of carbonyl (C=O) groups excluding carboxylic acids is 1. The molecule has 3 aromatic rings. The van der Waals surface area contributed by atoms with E-state index in [1.54, 1.807) is 35.1 Å². The summed E-state index contributed by atoms with van der Waals surface area (Å²) in [6.45, 7) is 6.46. The van der Waals surface area contributed by atoms with Crippen LogP contribution in [0.3, 0.4) is 0 Å². The van der Waals surface area contributed by atoms with Crippen molar-refractivity contribution < 1.29 is 17.9 Å². The van der Waals surface area contributed by atoms with Crippen LogP contribution in [-0.2, 0) is 9.84 Å². The van der Waals surface area contributed by atoms with Crippen molar-refractivity contribution in [1.82, 2.24) is 24.7 Å². The van der Waals surface area contributed by atoms with Crippen molar-refractivity contribution in [1.29, 1.82) is 0 Å². The van der Waals surface area contributed by atoms with E-state index >= 15 is 0 Å². The van der Waals surface area contributed by atoms with E-state index in [1.165, 1.54) is 6.26 Å². The van der Waals surface area contributed by atoms with Gasteiger partial charge < -0.3 is 9.64 Å². The maximum atomic E-state index is 14.6. The van der Waals surface area contributed by atoms with Gasteiger partial charge >= 0.3 is 6.03 Å². The Balaban J connectivity index is 1.57. The van der Waals surface area contributed by atoms with Gasteiger partial charge in [-0.1, -0.05) is 47.5 Å². The topological polar surface area (TPSA) is 108 Å². The molecule has 1 fully saturated rings. The van der Waals surface area contributed by atoms with Gasteiger partial charge in [-0.3, -0.25) is 14.8 Å². The number of aliphatic imine (C=N–C) groups is 1. The first kappa shape index (κ1) is 31.2. The molecule has 0 bridgehead atoms. The van der Waals surface area contributed by atoms with E-state index in [1.807, 2.05) is 43.3 Å². The number of piperazine rings is 1. The predicted molar refractivity (Wildman–Crippen MR) is 168 cm³/mol. The molecule has 13 heteroatoms. The van der Waals surface area contributed by atoms with Crippen LogP contribution in [0.1, 0.15) is 41.5 Å². The van der Waals surface area contributed by atoms with Crippen molar-refractivity contribution in [2.45, 2.75) is 25.9 Å². The first-order valence-electron chi connectivity index (χ1n) is 14.1. The van der Waals surface area contributed by atoms with E-state index in [0.29, 0.717) is 72.5 Å². The van der Waals surface area contributed by atoms with E-state index in [0.717, 1.165) is 11.1 Å². The maximum Gasteiger partial charge on any atom is 0.326 e. The van der Waals surface area contributed by atoms with Crippen molar-refractivity contribution in [3.05, 3.63) is 87.3 Å². The van der Waals surface area contributed by atoms with Crippen molar-refractivity contribution in [2.24, 2.45) is 4.99 Å². The Bertz CT molecular complexity index is 1590. The van der Waals surface area contributed by atoms with Crippen molar-refractivity contribution >= 4 is 44.9 Å². The third-order valence-corrected chi connectivity index (χ3v) is 8.94. The molecule has 228 valence electrons. The van der Waals surface area contributed by atoms with Gasteiger partial charge in [-0.15, -0.1) is 0 Å². The molecule has 10 nitrogen and oxygen atoms in total. The van der Waals surface area contributed by atoms with Gasteiger partial charge in [-0.2, -0.15) is 4.98 Å². The van der Waals surface area contributed by atoms with Gasteiger partial charge in [0.25, 0.3) is 0 Å². The van der Waals surface area contributed by atoms with Crippen LogP contribution in [0.5, 0.6) is 5.88 Å². The third kappa shape index (κ3) is 7.29. The van der Waals surface area contributed by atoms with Gasteiger partial charge in [0.2, 0.25) is 5.88 Å². The average Bonchev–Trinajstić information content (AvgIpc) is 3.37. The number of carbonyl (C=O) groups is 1. The van der Waals surface area contributed by atoms with Crippen LogP contribution in [0, 0.1) is 6.92 Å². The quantitative estimate of drug-likeness (QED) is 0.346. The number of hydrogen-bond donors (Lipinski definition) is 0. The standard InChI is InChI=1S/C30H34Cl2N6O4S/c1-4-42-29-25(19-33-20(2)34-29)28-35-26(21-5-9-23(31)10-6-21)27(22-7-11-24(32)12-8-22)38(28)30(39)37-15-13-36(14-16-37)17-18-43(3,40)41/h5-12,19,26-27H,4,13-18H2,1-3H3. The fourth-order valence-corrected chi connectivity index (χ4v) is 6.16. The number of amides is 2. The summed E-state index contributed by atoms with van der Waals surface area (Å²) < 4.78 is 29.3. The zero-order valence-corrected chi connectivity index (χ0v) is 26.6. The lowest BCUT2D eigenvalue weighted by Gasteiger charge is -2.39. The Morgan fingerprint density at radius 2 is 1.58 bits per heavy atom. The molecule has 2 atom stereocenters. The zero-order chi connectivity index (χ0) is 30.7. The molecule has 3 heterocycles. The van der Waals surface area contributed by atoms with Gasteiger partial charge in [0, 0.05) is 55.2 Å². The molecule has 1 saturated heterocycles. The highest BCUT2D eigenvalue weighted by Crippen LogP contribution is 2.45. The number of urea groups is 1. The first-order valence-corrected chi connectivity index (χ1v) is 16.9. The Morgan fingerprint density at radius 1 is 0.977 bits per heavy atom. The molecular weight excluding hydrogens is 611 g/mol. The van der Waals surface area contributed by atoms with Crippen LogP contribution in [0.25, 0.3) is 0 Å². The average molecular weight is 646 g/mol. The third-order valence-electron chi connectivity index (χ3n) is 7.51. The highest BCUT2D eigenvalue weighted by Gasteiger charge is 2.45. The van der Waals surface area contributed by atoms with Gasteiger partial charge in [0.15, 0.2) is 0 Å². The molecule has 2 aliphatic rings. The minimum atomic E-state index is -3.08. The van der Waals surface area contributed by atoms with E-state index in [2.05, 4.69) is 14.9 Å². The molecule has 0 aliphatic carbocycles. The van der Waals surface area contributed by atoms with Crippen molar-refractivity contribution in [2.75, 3.05) is 51.3 Å². The maximum absolute atomic E-state index is 14.6. The molecule has 0 spiro atoms. The fraction of sp³-hybridized carbons (Fsp3) is 0.400. The summed E-state index contributed by atoms with van der Waals surface area (Å²) in [5.74, 6) is 1.38. The number of benzene rings is 2. The number of ether oxygens (including phenoxy) is 1. The second-order valence-electron chi connectivity index (χ2n) is 10.6. The lowest BCUT2D eigenvalue weighted by atomic mass is 9.94. The number of aromatic nitrogens is 2. The normalized spacial score (nSPS) is 19.4. The summed E-state index contributed by atoms with van der Waals surface area (Å²) in [5.41, 5.74) is 2.26. The molecule has 0 N–H and O–H groups in total. The molecule has 2 aromatic carbocycles. The highest BCUT2D eigenvalue weighted by molar-refractivity contribution is 7.90.